The van der Waals surface area contributed by atoms with Crippen molar-refractivity contribution >= 4 is 0 Å². The van der Waals surface area contributed by atoms with Crippen LogP contribution in [0.4, 0.5) is 0 Å². The van der Waals surface area contributed by atoms with Crippen molar-refractivity contribution < 1.29 is 10.2 Å². The third-order valence-corrected chi connectivity index (χ3v) is 0.814. The molecule has 0 saturated carbocycles. The molecule has 54 valence electrons. The Labute approximate surface area is 60.1 Å². The summed E-state index contributed by atoms with van der Waals surface area (Å²) >= 11 is 0. The first-order chi connectivity index (χ1) is 4.72. The topological polar surface area (TPSA) is 40.5 Å². The molecule has 10 heavy (non-hydrogen) atoms. The van der Waals surface area contributed by atoms with E-state index in [1.807, 2.05) is 0 Å². The van der Waals surface area contributed by atoms with Gasteiger partial charge >= 0.3 is 0 Å². The SMILES string of the molecule is C=C/C=C(O)\C(O)=C/C=C. The third-order valence-electron chi connectivity index (χ3n) is 0.814. The highest BCUT2D eigenvalue weighted by atomic mass is 16.3. The highest BCUT2D eigenvalue weighted by Gasteiger charge is 1.93. The summed E-state index contributed by atoms with van der Waals surface area (Å²) in [6.45, 7) is 6.69. The quantitative estimate of drug-likeness (QED) is 0.463. The summed E-state index contributed by atoms with van der Waals surface area (Å²) < 4.78 is 0. The van der Waals surface area contributed by atoms with Gasteiger partial charge in [-0.3, -0.25) is 0 Å². The van der Waals surface area contributed by atoms with Crippen molar-refractivity contribution in [3.05, 3.63) is 49.0 Å². The second-order valence-electron chi connectivity index (χ2n) is 1.58. The van der Waals surface area contributed by atoms with E-state index in [-0.39, 0.29) is 11.5 Å². The summed E-state index contributed by atoms with van der Waals surface area (Å²) in [5.41, 5.74) is 0. The zero-order chi connectivity index (χ0) is 7.98. The fraction of sp³-hybridized carbons (Fsp3) is 0. The van der Waals surface area contributed by atoms with Gasteiger partial charge in [0.05, 0.1) is 0 Å². The van der Waals surface area contributed by atoms with Crippen molar-refractivity contribution in [3.63, 3.8) is 0 Å². The molecular formula is C8H10O2. The molecule has 0 heterocycles. The molecule has 0 radical (unpaired) electrons. The number of aliphatic hydroxyl groups excluding tert-OH is 2. The van der Waals surface area contributed by atoms with Crippen LogP contribution in [0.1, 0.15) is 0 Å². The van der Waals surface area contributed by atoms with Crippen LogP contribution < -0.4 is 0 Å². The maximum Gasteiger partial charge on any atom is 0.157 e. The van der Waals surface area contributed by atoms with Crippen molar-refractivity contribution in [1.29, 1.82) is 0 Å². The lowest BCUT2D eigenvalue weighted by Crippen LogP contribution is -1.84. The van der Waals surface area contributed by atoms with E-state index < -0.39 is 0 Å². The van der Waals surface area contributed by atoms with Crippen LogP contribution in [-0.4, -0.2) is 10.2 Å². The Bertz CT molecular complexity index is 165. The summed E-state index contributed by atoms with van der Waals surface area (Å²) in [6, 6.07) is 0. The van der Waals surface area contributed by atoms with Gasteiger partial charge in [0.15, 0.2) is 11.5 Å². The van der Waals surface area contributed by atoms with Gasteiger partial charge in [-0.2, -0.15) is 0 Å². The lowest BCUT2D eigenvalue weighted by atomic mass is 10.3. The predicted molar refractivity (Wildman–Crippen MR) is 41.8 cm³/mol. The van der Waals surface area contributed by atoms with Crippen molar-refractivity contribution in [2.45, 2.75) is 0 Å². The Kier molecular flexibility index (Phi) is 3.80. The Morgan fingerprint density at radius 2 is 1.20 bits per heavy atom. The van der Waals surface area contributed by atoms with Gasteiger partial charge in [0.1, 0.15) is 0 Å². The molecule has 0 aromatic carbocycles. The van der Waals surface area contributed by atoms with Gasteiger partial charge in [-0.1, -0.05) is 25.3 Å². The molecule has 0 aromatic rings. The number of allylic oxidation sites excluding steroid dienone is 4. The van der Waals surface area contributed by atoms with E-state index in [4.69, 9.17) is 10.2 Å². The van der Waals surface area contributed by atoms with Crippen LogP contribution in [0.2, 0.25) is 0 Å². The van der Waals surface area contributed by atoms with Crippen LogP contribution in [0, 0.1) is 0 Å². The number of hydrogen-bond donors (Lipinski definition) is 2. The van der Waals surface area contributed by atoms with Crippen LogP contribution in [0.15, 0.2) is 49.0 Å². The summed E-state index contributed by atoms with van der Waals surface area (Å²) in [5, 5.41) is 17.7. The summed E-state index contributed by atoms with van der Waals surface area (Å²) in [6.07, 6.45) is 5.33. The largest absolute Gasteiger partial charge is 0.504 e. The fourth-order valence-electron chi connectivity index (χ4n) is 0.394. The smallest absolute Gasteiger partial charge is 0.157 e. The zero-order valence-corrected chi connectivity index (χ0v) is 5.62. The number of rotatable bonds is 3. The van der Waals surface area contributed by atoms with Crippen LogP contribution in [0.25, 0.3) is 0 Å². The van der Waals surface area contributed by atoms with Crippen molar-refractivity contribution in [1.82, 2.24) is 0 Å². The van der Waals surface area contributed by atoms with E-state index >= 15 is 0 Å². The van der Waals surface area contributed by atoms with Crippen LogP contribution in [0.3, 0.4) is 0 Å². The molecule has 0 fully saturated rings. The Balaban J connectivity index is 4.33. The highest BCUT2D eigenvalue weighted by molar-refractivity contribution is 5.24. The van der Waals surface area contributed by atoms with Crippen molar-refractivity contribution in [3.8, 4) is 0 Å². The lowest BCUT2D eigenvalue weighted by Gasteiger charge is -1.93. The molecule has 0 aliphatic rings. The van der Waals surface area contributed by atoms with Crippen LogP contribution in [-0.2, 0) is 0 Å². The second-order valence-corrected chi connectivity index (χ2v) is 1.58. The van der Waals surface area contributed by atoms with Gasteiger partial charge in [0.25, 0.3) is 0 Å². The van der Waals surface area contributed by atoms with Crippen LogP contribution >= 0.6 is 0 Å². The molecular weight excluding hydrogens is 128 g/mol. The minimum atomic E-state index is -0.213. The molecule has 0 atom stereocenters. The van der Waals surface area contributed by atoms with E-state index in [9.17, 15) is 0 Å². The van der Waals surface area contributed by atoms with Gasteiger partial charge in [0.2, 0.25) is 0 Å². The molecule has 0 unspecified atom stereocenters. The Morgan fingerprint density at radius 3 is 1.40 bits per heavy atom. The minimum absolute atomic E-state index is 0.213. The first-order valence-corrected chi connectivity index (χ1v) is 2.76. The van der Waals surface area contributed by atoms with Gasteiger partial charge in [0, 0.05) is 0 Å². The van der Waals surface area contributed by atoms with E-state index in [1.54, 1.807) is 0 Å². The molecule has 0 rings (SSSR count). The molecule has 0 saturated heterocycles. The van der Waals surface area contributed by atoms with Crippen LogP contribution in [0.5, 0.6) is 0 Å². The molecule has 2 nitrogen and oxygen atoms in total. The molecule has 0 aliphatic heterocycles. The van der Waals surface area contributed by atoms with Gasteiger partial charge < -0.3 is 10.2 Å². The summed E-state index contributed by atoms with van der Waals surface area (Å²) in [4.78, 5) is 0. The third kappa shape index (κ3) is 2.77. The fourth-order valence-corrected chi connectivity index (χ4v) is 0.394. The molecule has 2 N–H and O–H groups in total. The standard InChI is InChI=1S/C8H10O2/c1-3-5-7(9)8(10)6-4-2/h3-6,9-10H,1-2H2/b7-5+,8-6+. The first-order valence-electron chi connectivity index (χ1n) is 2.76. The highest BCUT2D eigenvalue weighted by Crippen LogP contribution is 2.01. The van der Waals surface area contributed by atoms with E-state index in [1.165, 1.54) is 24.3 Å². The average Bonchev–Trinajstić information content (AvgIpc) is 1.89. The molecule has 0 spiro atoms. The normalized spacial score (nSPS) is 12.8. The molecule has 0 bridgehead atoms. The summed E-state index contributed by atoms with van der Waals surface area (Å²) in [5.74, 6) is -0.426. The Morgan fingerprint density at radius 1 is 0.900 bits per heavy atom. The molecule has 0 amide bonds. The predicted octanol–water partition coefficient (Wildman–Crippen LogP) is 2.24. The maximum absolute atomic E-state index is 8.87. The first kappa shape index (κ1) is 8.56. The Hall–Kier alpha value is -1.44. The minimum Gasteiger partial charge on any atom is -0.504 e. The lowest BCUT2D eigenvalue weighted by molar-refractivity contribution is 0.327. The van der Waals surface area contributed by atoms with E-state index in [0.717, 1.165) is 0 Å². The number of aliphatic hydroxyl groups is 2. The maximum atomic E-state index is 8.87. The molecule has 0 aromatic heterocycles. The van der Waals surface area contributed by atoms with Gasteiger partial charge in [-0.15, -0.1) is 0 Å². The number of hydrogen-bond acceptors (Lipinski definition) is 2. The monoisotopic (exact) mass is 138 g/mol. The van der Waals surface area contributed by atoms with E-state index in [2.05, 4.69) is 13.2 Å². The average molecular weight is 138 g/mol. The molecule has 0 aliphatic carbocycles. The summed E-state index contributed by atoms with van der Waals surface area (Å²) in [7, 11) is 0. The van der Waals surface area contributed by atoms with E-state index in [0.29, 0.717) is 0 Å². The van der Waals surface area contributed by atoms with Gasteiger partial charge in [-0.05, 0) is 12.2 Å². The zero-order valence-electron chi connectivity index (χ0n) is 5.62. The van der Waals surface area contributed by atoms with Gasteiger partial charge in [-0.25, -0.2) is 0 Å². The van der Waals surface area contributed by atoms with Crippen molar-refractivity contribution in [2.75, 3.05) is 0 Å². The second kappa shape index (κ2) is 4.44. The van der Waals surface area contributed by atoms with Crippen molar-refractivity contribution in [2.24, 2.45) is 0 Å². The molecule has 2 heteroatoms.